The number of allylic oxidation sites excluding steroid dienone is 2. The van der Waals surface area contributed by atoms with Crippen LogP contribution < -0.4 is 5.01 Å². The average Bonchev–Trinajstić information content (AvgIpc) is 3.03. The lowest BCUT2D eigenvalue weighted by molar-refractivity contribution is 0.0194. The van der Waals surface area contributed by atoms with Crippen molar-refractivity contribution in [1.82, 2.24) is 5.01 Å². The number of hydrazine groups is 1. The highest BCUT2D eigenvalue weighted by atomic mass is 16.6. The van der Waals surface area contributed by atoms with E-state index < -0.39 is 23.4 Å². The van der Waals surface area contributed by atoms with Crippen LogP contribution in [0.4, 0.5) is 15.3 Å². The zero-order valence-electron chi connectivity index (χ0n) is 17.1. The van der Waals surface area contributed by atoms with Crippen molar-refractivity contribution in [2.24, 2.45) is 0 Å². The van der Waals surface area contributed by atoms with Gasteiger partial charge in [-0.15, -0.1) is 0 Å². The van der Waals surface area contributed by atoms with Crippen LogP contribution in [0, 0.1) is 0 Å². The quantitative estimate of drug-likeness (QED) is 0.628. The fourth-order valence-electron chi connectivity index (χ4n) is 2.66. The number of carbonyl (C=O) groups excluding carboxylic acids is 2. The molecule has 0 saturated carbocycles. The smallest absolute Gasteiger partial charge is 0.434 e. The number of amides is 2. The Morgan fingerprint density at radius 1 is 0.852 bits per heavy atom. The van der Waals surface area contributed by atoms with Crippen molar-refractivity contribution < 1.29 is 19.1 Å². The molecule has 148 valence electrons. The van der Waals surface area contributed by atoms with E-state index in [0.717, 1.165) is 18.5 Å². The topological polar surface area (TPSA) is 59.1 Å². The molecule has 2 rings (SSSR count). The van der Waals surface area contributed by atoms with Crippen LogP contribution in [-0.4, -0.2) is 28.4 Å². The maximum absolute atomic E-state index is 13.1. The highest BCUT2D eigenvalue weighted by Gasteiger charge is 2.37. The standard InChI is InChI=1S/C21H30N2O4/c1-20(2,3)26-18(24)22(16-12-8-7-9-13-16)23(17-14-10-11-15-17)19(25)27-21(4,5)6/h7-9,12-14H,10-11,15H2,1-6H3. The van der Waals surface area contributed by atoms with Crippen molar-refractivity contribution in [1.29, 1.82) is 0 Å². The first-order chi connectivity index (χ1) is 12.5. The molecule has 1 aromatic carbocycles. The molecule has 1 aromatic rings. The summed E-state index contributed by atoms with van der Waals surface area (Å²) < 4.78 is 11.2. The SMILES string of the molecule is CC(C)(C)OC(=O)N(C1=CCCC1)N(C(=O)OC(C)(C)C)c1ccccc1. The van der Waals surface area contributed by atoms with E-state index in [1.807, 2.05) is 24.3 Å². The lowest BCUT2D eigenvalue weighted by atomic mass is 10.2. The first-order valence-electron chi connectivity index (χ1n) is 9.28. The Hall–Kier alpha value is -2.50. The van der Waals surface area contributed by atoms with Crippen LogP contribution in [-0.2, 0) is 9.47 Å². The maximum atomic E-state index is 13.1. The predicted molar refractivity (Wildman–Crippen MR) is 105 cm³/mol. The lowest BCUT2D eigenvalue weighted by Crippen LogP contribution is -2.52. The summed E-state index contributed by atoms with van der Waals surface area (Å²) >= 11 is 0. The second kappa shape index (κ2) is 8.03. The molecule has 0 radical (unpaired) electrons. The molecule has 0 atom stereocenters. The van der Waals surface area contributed by atoms with Crippen LogP contribution in [0.25, 0.3) is 0 Å². The molecule has 0 aliphatic heterocycles. The number of hydrogen-bond donors (Lipinski definition) is 0. The Labute approximate surface area is 161 Å². The third-order valence-corrected chi connectivity index (χ3v) is 3.62. The van der Waals surface area contributed by atoms with Gasteiger partial charge in [0, 0.05) is 5.70 Å². The van der Waals surface area contributed by atoms with Crippen LogP contribution in [0.5, 0.6) is 0 Å². The fourth-order valence-corrected chi connectivity index (χ4v) is 2.66. The van der Waals surface area contributed by atoms with Crippen molar-refractivity contribution >= 4 is 17.9 Å². The fraction of sp³-hybridized carbons (Fsp3) is 0.524. The van der Waals surface area contributed by atoms with E-state index in [1.165, 1.54) is 10.0 Å². The van der Waals surface area contributed by atoms with Crippen LogP contribution in [0.3, 0.4) is 0 Å². The van der Waals surface area contributed by atoms with Crippen molar-refractivity contribution in [3.63, 3.8) is 0 Å². The number of carbonyl (C=O) groups is 2. The Morgan fingerprint density at radius 2 is 1.37 bits per heavy atom. The van der Waals surface area contributed by atoms with E-state index in [0.29, 0.717) is 12.1 Å². The summed E-state index contributed by atoms with van der Waals surface area (Å²) in [6.07, 6.45) is 3.19. The largest absolute Gasteiger partial charge is 0.442 e. The van der Waals surface area contributed by atoms with Crippen molar-refractivity contribution in [2.75, 3.05) is 5.01 Å². The van der Waals surface area contributed by atoms with Crippen molar-refractivity contribution in [3.05, 3.63) is 42.1 Å². The summed E-state index contributed by atoms with van der Waals surface area (Å²) in [5.41, 5.74) is -0.122. The number of rotatable bonds is 2. The zero-order chi connectivity index (χ0) is 20.2. The average molecular weight is 374 g/mol. The molecule has 0 aromatic heterocycles. The highest BCUT2D eigenvalue weighted by molar-refractivity contribution is 5.91. The van der Waals surface area contributed by atoms with Crippen molar-refractivity contribution in [3.8, 4) is 0 Å². The monoisotopic (exact) mass is 374 g/mol. The first-order valence-corrected chi connectivity index (χ1v) is 9.28. The number of nitrogens with zero attached hydrogens (tertiary/aromatic N) is 2. The van der Waals surface area contributed by atoms with Gasteiger partial charge in [0.25, 0.3) is 0 Å². The van der Waals surface area contributed by atoms with E-state index in [4.69, 9.17) is 9.47 Å². The van der Waals surface area contributed by atoms with Gasteiger partial charge in [-0.1, -0.05) is 24.3 Å². The molecule has 27 heavy (non-hydrogen) atoms. The van der Waals surface area contributed by atoms with Gasteiger partial charge in [0.15, 0.2) is 0 Å². The Balaban J connectivity index is 2.49. The molecule has 0 unspecified atom stereocenters. The Kier molecular flexibility index (Phi) is 6.19. The molecule has 1 aliphatic rings. The molecule has 2 amide bonds. The van der Waals surface area contributed by atoms with E-state index >= 15 is 0 Å². The first kappa shape index (κ1) is 20.8. The molecule has 6 heteroatoms. The van der Waals surface area contributed by atoms with Crippen molar-refractivity contribution in [2.45, 2.75) is 72.0 Å². The number of ether oxygens (including phenoxy) is 2. The normalized spacial score (nSPS) is 14.4. The number of anilines is 1. The molecule has 6 nitrogen and oxygen atoms in total. The molecule has 0 saturated heterocycles. The van der Waals surface area contributed by atoms with Gasteiger partial charge in [-0.3, -0.25) is 0 Å². The summed E-state index contributed by atoms with van der Waals surface area (Å²) in [6, 6.07) is 8.99. The van der Waals surface area contributed by atoms with Crippen LogP contribution >= 0.6 is 0 Å². The molecular formula is C21H30N2O4. The van der Waals surface area contributed by atoms with Gasteiger partial charge in [0.05, 0.1) is 5.69 Å². The minimum Gasteiger partial charge on any atom is -0.442 e. The van der Waals surface area contributed by atoms with Gasteiger partial charge in [-0.05, 0) is 72.9 Å². The van der Waals surface area contributed by atoms with Gasteiger partial charge in [0.1, 0.15) is 11.2 Å². The zero-order valence-corrected chi connectivity index (χ0v) is 17.1. The second-order valence-electron chi connectivity index (χ2n) is 8.51. The number of para-hydroxylation sites is 1. The van der Waals surface area contributed by atoms with Crippen LogP contribution in [0.2, 0.25) is 0 Å². The summed E-state index contributed by atoms with van der Waals surface area (Å²) in [6.45, 7) is 10.8. The maximum Gasteiger partial charge on any atom is 0.434 e. The van der Waals surface area contributed by atoms with E-state index in [2.05, 4.69) is 0 Å². The van der Waals surface area contributed by atoms with Gasteiger partial charge < -0.3 is 9.47 Å². The molecule has 0 bridgehead atoms. The summed E-state index contributed by atoms with van der Waals surface area (Å²) in [5, 5.41) is 2.57. The molecule has 1 aliphatic carbocycles. The minimum atomic E-state index is -0.701. The van der Waals surface area contributed by atoms with E-state index in [9.17, 15) is 9.59 Å². The Morgan fingerprint density at radius 3 is 1.81 bits per heavy atom. The summed E-state index contributed by atoms with van der Waals surface area (Å²) in [5.74, 6) is 0. The van der Waals surface area contributed by atoms with E-state index in [-0.39, 0.29) is 0 Å². The number of hydrogen-bond acceptors (Lipinski definition) is 4. The lowest BCUT2D eigenvalue weighted by Gasteiger charge is -2.37. The predicted octanol–water partition coefficient (Wildman–Crippen LogP) is 5.65. The minimum absolute atomic E-state index is 0.533. The Bertz CT molecular complexity index is 699. The molecule has 0 fully saturated rings. The third-order valence-electron chi connectivity index (χ3n) is 3.62. The molecule has 0 spiro atoms. The summed E-state index contributed by atoms with van der Waals surface area (Å²) in [7, 11) is 0. The summed E-state index contributed by atoms with van der Waals surface area (Å²) in [4.78, 5) is 26.1. The van der Waals surface area contributed by atoms with Gasteiger partial charge in [0.2, 0.25) is 0 Å². The number of benzene rings is 1. The highest BCUT2D eigenvalue weighted by Crippen LogP contribution is 2.30. The van der Waals surface area contributed by atoms with Gasteiger partial charge >= 0.3 is 12.2 Å². The van der Waals surface area contributed by atoms with Gasteiger partial charge in [-0.25, -0.2) is 9.59 Å². The molecule has 0 heterocycles. The van der Waals surface area contributed by atoms with Crippen LogP contribution in [0.1, 0.15) is 60.8 Å². The van der Waals surface area contributed by atoms with E-state index in [1.54, 1.807) is 53.7 Å². The molecule has 0 N–H and O–H groups in total. The third kappa shape index (κ3) is 6.01. The second-order valence-corrected chi connectivity index (χ2v) is 8.51. The van der Waals surface area contributed by atoms with Gasteiger partial charge in [-0.2, -0.15) is 10.0 Å². The molecular weight excluding hydrogens is 344 g/mol. The van der Waals surface area contributed by atoms with Crippen LogP contribution in [0.15, 0.2) is 42.1 Å².